The van der Waals surface area contributed by atoms with E-state index in [0.717, 1.165) is 17.5 Å². The monoisotopic (exact) mass is 332 g/mol. The van der Waals surface area contributed by atoms with Gasteiger partial charge in [-0.15, -0.1) is 0 Å². The van der Waals surface area contributed by atoms with E-state index in [2.05, 4.69) is 31.9 Å². The summed E-state index contributed by atoms with van der Waals surface area (Å²) in [6, 6.07) is 7.74. The Labute approximate surface area is 105 Å². The largest absolute Gasteiger partial charge is 0.481 e. The van der Waals surface area contributed by atoms with Crippen LogP contribution in [0.25, 0.3) is 0 Å². The molecule has 0 spiro atoms. The number of aliphatic carboxylic acids is 1. The van der Waals surface area contributed by atoms with E-state index in [0.29, 0.717) is 0 Å². The summed E-state index contributed by atoms with van der Waals surface area (Å²) in [5, 5.41) is 9.22. The van der Waals surface area contributed by atoms with Gasteiger partial charge >= 0.3 is 5.97 Å². The third-order valence-corrected chi connectivity index (χ3v) is 5.50. The lowest BCUT2D eigenvalue weighted by Crippen LogP contribution is -2.34. The Morgan fingerprint density at radius 2 is 2.00 bits per heavy atom. The minimum Gasteiger partial charge on any atom is -0.481 e. The SMILES string of the molecule is O=C(O)C1c2ccccc2CC(Br)C1Br. The molecule has 0 aromatic heterocycles. The number of carbonyl (C=O) groups is 1. The molecule has 80 valence electrons. The molecule has 1 aromatic carbocycles. The first-order chi connectivity index (χ1) is 7.11. The normalized spacial score (nSPS) is 29.6. The molecule has 1 aromatic rings. The van der Waals surface area contributed by atoms with Crippen molar-refractivity contribution in [2.75, 3.05) is 0 Å². The van der Waals surface area contributed by atoms with Crippen LogP contribution >= 0.6 is 31.9 Å². The van der Waals surface area contributed by atoms with Gasteiger partial charge in [-0.1, -0.05) is 56.1 Å². The van der Waals surface area contributed by atoms with Crippen LogP contribution in [0, 0.1) is 0 Å². The number of carboxylic acid groups (broad SMARTS) is 1. The Morgan fingerprint density at radius 1 is 1.33 bits per heavy atom. The number of hydrogen-bond acceptors (Lipinski definition) is 1. The second kappa shape index (κ2) is 4.26. The number of fused-ring (bicyclic) bond motifs is 1. The summed E-state index contributed by atoms with van der Waals surface area (Å²) in [4.78, 5) is 11.3. The number of alkyl halides is 2. The van der Waals surface area contributed by atoms with Gasteiger partial charge in [-0.05, 0) is 17.5 Å². The average Bonchev–Trinajstić information content (AvgIpc) is 2.19. The molecular weight excluding hydrogens is 324 g/mol. The number of halogens is 2. The predicted octanol–water partition coefficient (Wildman–Crippen LogP) is 2.94. The van der Waals surface area contributed by atoms with Gasteiger partial charge in [0.1, 0.15) is 0 Å². The third-order valence-electron chi connectivity index (χ3n) is 2.74. The quantitative estimate of drug-likeness (QED) is 0.802. The molecule has 4 heteroatoms. The Morgan fingerprint density at radius 3 is 2.67 bits per heavy atom. The lowest BCUT2D eigenvalue weighted by Gasteiger charge is -2.31. The van der Waals surface area contributed by atoms with Crippen LogP contribution in [0.2, 0.25) is 0 Å². The van der Waals surface area contributed by atoms with Gasteiger partial charge in [-0.25, -0.2) is 0 Å². The van der Waals surface area contributed by atoms with Gasteiger partial charge < -0.3 is 5.11 Å². The van der Waals surface area contributed by atoms with Crippen LogP contribution in [0.3, 0.4) is 0 Å². The summed E-state index contributed by atoms with van der Waals surface area (Å²) in [7, 11) is 0. The maximum absolute atomic E-state index is 11.2. The molecule has 0 heterocycles. The van der Waals surface area contributed by atoms with Gasteiger partial charge in [0.05, 0.1) is 5.92 Å². The Bertz CT molecular complexity index is 392. The highest BCUT2D eigenvalue weighted by atomic mass is 79.9. The fourth-order valence-electron chi connectivity index (χ4n) is 2.00. The highest BCUT2D eigenvalue weighted by molar-refractivity contribution is 9.12. The van der Waals surface area contributed by atoms with E-state index in [1.807, 2.05) is 24.3 Å². The molecule has 15 heavy (non-hydrogen) atoms. The van der Waals surface area contributed by atoms with Crippen LogP contribution in [0.4, 0.5) is 0 Å². The second-order valence-corrected chi connectivity index (χ2v) is 5.91. The summed E-state index contributed by atoms with van der Waals surface area (Å²) in [5.41, 5.74) is 2.06. The first kappa shape index (κ1) is 11.1. The molecule has 1 aliphatic rings. The minimum atomic E-state index is -0.770. The van der Waals surface area contributed by atoms with Crippen LogP contribution < -0.4 is 0 Å². The van der Waals surface area contributed by atoms with Crippen molar-refractivity contribution < 1.29 is 9.90 Å². The van der Waals surface area contributed by atoms with E-state index < -0.39 is 11.9 Å². The first-order valence-corrected chi connectivity index (χ1v) is 6.53. The van der Waals surface area contributed by atoms with Crippen molar-refractivity contribution >= 4 is 37.8 Å². The van der Waals surface area contributed by atoms with Gasteiger partial charge in [-0.2, -0.15) is 0 Å². The van der Waals surface area contributed by atoms with Crippen LogP contribution in [0.15, 0.2) is 24.3 Å². The smallest absolute Gasteiger partial charge is 0.312 e. The Balaban J connectivity index is 2.49. The second-order valence-electron chi connectivity index (χ2n) is 3.68. The standard InChI is InChI=1S/C11H10Br2O2/c12-8-5-6-3-1-2-4-7(6)9(10(8)13)11(14)15/h1-4,8-10H,5H2,(H,14,15). The number of rotatable bonds is 1. The van der Waals surface area contributed by atoms with Crippen molar-refractivity contribution in [3.63, 3.8) is 0 Å². The molecule has 0 radical (unpaired) electrons. The zero-order valence-electron chi connectivity index (χ0n) is 7.86. The average molecular weight is 334 g/mol. The zero-order chi connectivity index (χ0) is 11.0. The van der Waals surface area contributed by atoms with E-state index in [1.54, 1.807) is 0 Å². The summed E-state index contributed by atoms with van der Waals surface area (Å²) < 4.78 is 0. The maximum atomic E-state index is 11.2. The van der Waals surface area contributed by atoms with E-state index in [4.69, 9.17) is 0 Å². The summed E-state index contributed by atoms with van der Waals surface area (Å²) in [6.45, 7) is 0. The summed E-state index contributed by atoms with van der Waals surface area (Å²) in [5.74, 6) is -1.23. The molecule has 0 fully saturated rings. The first-order valence-electron chi connectivity index (χ1n) is 4.70. The van der Waals surface area contributed by atoms with Crippen molar-refractivity contribution in [1.82, 2.24) is 0 Å². The third kappa shape index (κ3) is 1.97. The lowest BCUT2D eigenvalue weighted by atomic mass is 9.83. The Hall–Kier alpha value is -0.350. The van der Waals surface area contributed by atoms with Crippen molar-refractivity contribution in [3.8, 4) is 0 Å². The maximum Gasteiger partial charge on any atom is 0.312 e. The van der Waals surface area contributed by atoms with Crippen LogP contribution in [-0.2, 0) is 11.2 Å². The molecular formula is C11H10Br2O2. The predicted molar refractivity (Wildman–Crippen MR) is 66.0 cm³/mol. The van der Waals surface area contributed by atoms with Gasteiger partial charge in [0, 0.05) is 9.65 Å². The van der Waals surface area contributed by atoms with Gasteiger partial charge in [-0.3, -0.25) is 4.79 Å². The van der Waals surface area contributed by atoms with E-state index in [9.17, 15) is 9.90 Å². The fourth-order valence-corrected chi connectivity index (χ4v) is 3.35. The molecule has 1 aliphatic carbocycles. The van der Waals surface area contributed by atoms with Crippen molar-refractivity contribution in [2.24, 2.45) is 0 Å². The van der Waals surface area contributed by atoms with Crippen LogP contribution in [-0.4, -0.2) is 20.7 Å². The topological polar surface area (TPSA) is 37.3 Å². The molecule has 0 saturated carbocycles. The molecule has 0 bridgehead atoms. The molecule has 3 atom stereocenters. The molecule has 0 aliphatic heterocycles. The molecule has 0 saturated heterocycles. The molecule has 1 N–H and O–H groups in total. The van der Waals surface area contributed by atoms with E-state index >= 15 is 0 Å². The zero-order valence-corrected chi connectivity index (χ0v) is 11.0. The van der Waals surface area contributed by atoms with Crippen molar-refractivity contribution in [2.45, 2.75) is 22.0 Å². The highest BCUT2D eigenvalue weighted by Gasteiger charge is 2.38. The number of carboxylic acids is 1. The minimum absolute atomic E-state index is 0.0510. The fraction of sp³-hybridized carbons (Fsp3) is 0.364. The number of hydrogen-bond donors (Lipinski definition) is 1. The van der Waals surface area contributed by atoms with Gasteiger partial charge in [0.2, 0.25) is 0 Å². The number of benzene rings is 1. The van der Waals surface area contributed by atoms with Gasteiger partial charge in [0.25, 0.3) is 0 Å². The van der Waals surface area contributed by atoms with Crippen LogP contribution in [0.5, 0.6) is 0 Å². The summed E-state index contributed by atoms with van der Waals surface area (Å²) in [6.07, 6.45) is 0.871. The lowest BCUT2D eigenvalue weighted by molar-refractivity contribution is -0.138. The molecule has 3 unspecified atom stereocenters. The Kier molecular flexibility index (Phi) is 3.16. The van der Waals surface area contributed by atoms with E-state index in [-0.39, 0.29) is 9.65 Å². The molecule has 0 amide bonds. The molecule has 2 nitrogen and oxygen atoms in total. The molecule has 2 rings (SSSR count). The van der Waals surface area contributed by atoms with Crippen molar-refractivity contribution in [3.05, 3.63) is 35.4 Å². The van der Waals surface area contributed by atoms with E-state index in [1.165, 1.54) is 0 Å². The summed E-state index contributed by atoms with van der Waals surface area (Å²) >= 11 is 6.98. The van der Waals surface area contributed by atoms with Crippen LogP contribution in [0.1, 0.15) is 17.0 Å². The van der Waals surface area contributed by atoms with Gasteiger partial charge in [0.15, 0.2) is 0 Å². The van der Waals surface area contributed by atoms with Crippen molar-refractivity contribution in [1.29, 1.82) is 0 Å². The highest BCUT2D eigenvalue weighted by Crippen LogP contribution is 2.39.